The summed E-state index contributed by atoms with van der Waals surface area (Å²) in [7, 11) is 0. The maximum absolute atomic E-state index is 13.0. The van der Waals surface area contributed by atoms with Gasteiger partial charge in [0.25, 0.3) is 0 Å². The van der Waals surface area contributed by atoms with Crippen molar-refractivity contribution in [3.05, 3.63) is 76.2 Å². The molecule has 2 aromatic heterocycles. The quantitative estimate of drug-likeness (QED) is 0.268. The first-order chi connectivity index (χ1) is 13.4. The van der Waals surface area contributed by atoms with E-state index in [1.54, 1.807) is 41.2 Å². The Hall–Kier alpha value is -2.55. The summed E-state index contributed by atoms with van der Waals surface area (Å²) >= 11 is 12.6. The lowest BCUT2D eigenvalue weighted by atomic mass is 10.2. The standard InChI is InChI=1S/C19H13ClF2N2O2S2/c20-15-9-8-14(28-15)17(25)16(24-10-2-1-3-11-24)18(27)23-12-4-6-13(7-5-12)26-19(21)22/h1-11,19H,(H-,23,25,27). The van der Waals surface area contributed by atoms with Crippen LogP contribution in [0.25, 0.3) is 11.5 Å². The molecule has 0 radical (unpaired) electrons. The number of rotatable bonds is 6. The number of pyridine rings is 1. The van der Waals surface area contributed by atoms with Crippen LogP contribution in [0.3, 0.4) is 0 Å². The maximum Gasteiger partial charge on any atom is 0.387 e. The van der Waals surface area contributed by atoms with Gasteiger partial charge in [0.1, 0.15) is 5.75 Å². The lowest BCUT2D eigenvalue weighted by Crippen LogP contribution is -2.39. The van der Waals surface area contributed by atoms with E-state index in [0.717, 1.165) is 11.3 Å². The molecule has 0 atom stereocenters. The summed E-state index contributed by atoms with van der Waals surface area (Å²) in [5.74, 6) is -0.263. The fourth-order valence-corrected chi connectivity index (χ4v) is 3.65. The second-order valence-corrected chi connectivity index (χ2v) is 7.54. The largest absolute Gasteiger partial charge is 0.867 e. The number of halogens is 3. The van der Waals surface area contributed by atoms with Gasteiger partial charge in [-0.05, 0) is 42.2 Å². The minimum absolute atomic E-state index is 0.0254. The van der Waals surface area contributed by atoms with Gasteiger partial charge >= 0.3 is 6.61 Å². The van der Waals surface area contributed by atoms with Crippen LogP contribution in [-0.4, -0.2) is 11.6 Å². The van der Waals surface area contributed by atoms with Crippen molar-refractivity contribution >= 4 is 57.3 Å². The molecule has 0 aliphatic carbocycles. The van der Waals surface area contributed by atoms with E-state index in [1.807, 2.05) is 6.07 Å². The zero-order valence-corrected chi connectivity index (χ0v) is 16.5. The van der Waals surface area contributed by atoms with Gasteiger partial charge in [0.05, 0.1) is 4.34 Å². The van der Waals surface area contributed by atoms with Crippen molar-refractivity contribution in [1.29, 1.82) is 0 Å². The smallest absolute Gasteiger partial charge is 0.387 e. The van der Waals surface area contributed by atoms with E-state index in [9.17, 15) is 13.9 Å². The van der Waals surface area contributed by atoms with Gasteiger partial charge in [-0.25, -0.2) is 0 Å². The van der Waals surface area contributed by atoms with Crippen molar-refractivity contribution in [1.82, 2.24) is 0 Å². The molecule has 1 aromatic carbocycles. The molecule has 0 fully saturated rings. The third-order valence-corrected chi connectivity index (χ3v) is 5.06. The average molecular weight is 439 g/mol. The number of nitrogens with zero attached hydrogens (tertiary/aromatic N) is 1. The lowest BCUT2D eigenvalue weighted by Gasteiger charge is -2.15. The molecule has 3 rings (SSSR count). The maximum atomic E-state index is 13.0. The van der Waals surface area contributed by atoms with E-state index in [-0.39, 0.29) is 22.2 Å². The number of thiophene rings is 1. The number of alkyl halides is 2. The second-order valence-electron chi connectivity index (χ2n) is 5.42. The Morgan fingerprint density at radius 2 is 1.79 bits per heavy atom. The van der Waals surface area contributed by atoms with Gasteiger partial charge in [0.2, 0.25) is 5.70 Å². The Morgan fingerprint density at radius 1 is 1.11 bits per heavy atom. The van der Waals surface area contributed by atoms with Crippen LogP contribution in [0.2, 0.25) is 4.34 Å². The molecule has 0 bridgehead atoms. The van der Waals surface area contributed by atoms with Gasteiger partial charge in [0, 0.05) is 22.7 Å². The predicted octanol–water partition coefficient (Wildman–Crippen LogP) is 4.42. The number of aromatic nitrogens is 1. The molecular weight excluding hydrogens is 426 g/mol. The van der Waals surface area contributed by atoms with Crippen LogP contribution in [0.1, 0.15) is 4.88 Å². The monoisotopic (exact) mass is 438 g/mol. The van der Waals surface area contributed by atoms with Crippen LogP contribution >= 0.6 is 35.2 Å². The topological polar surface area (TPSA) is 48.2 Å². The first-order valence-corrected chi connectivity index (χ1v) is 9.54. The Balaban J connectivity index is 1.91. The van der Waals surface area contributed by atoms with Gasteiger partial charge in [0.15, 0.2) is 17.4 Å². The molecule has 28 heavy (non-hydrogen) atoms. The second kappa shape index (κ2) is 9.09. The van der Waals surface area contributed by atoms with Crippen molar-refractivity contribution < 1.29 is 23.2 Å². The Labute approximate surface area is 174 Å². The first kappa shape index (κ1) is 20.2. The van der Waals surface area contributed by atoms with Gasteiger partial charge in [-0.3, -0.25) is 0 Å². The number of anilines is 1. The zero-order valence-electron chi connectivity index (χ0n) is 14.1. The molecule has 4 nitrogen and oxygen atoms in total. The van der Waals surface area contributed by atoms with Gasteiger partial charge in [-0.2, -0.15) is 13.3 Å². The van der Waals surface area contributed by atoms with Crippen LogP contribution in [0, 0.1) is 0 Å². The van der Waals surface area contributed by atoms with Crippen LogP contribution in [-0.2, 0) is 0 Å². The summed E-state index contributed by atoms with van der Waals surface area (Å²) in [6, 6.07) is 14.5. The number of hydrogen-bond acceptors (Lipinski definition) is 4. The number of ether oxygens (including phenoxy) is 1. The molecule has 0 aliphatic heterocycles. The molecule has 9 heteroatoms. The predicted molar refractivity (Wildman–Crippen MR) is 108 cm³/mol. The van der Waals surface area contributed by atoms with Crippen LogP contribution < -0.4 is 19.7 Å². The van der Waals surface area contributed by atoms with E-state index in [2.05, 4.69) is 10.1 Å². The van der Waals surface area contributed by atoms with Gasteiger partial charge in [-0.15, -0.1) is 11.3 Å². The molecule has 3 aromatic rings. The number of hydrogen-bond donors (Lipinski definition) is 1. The third-order valence-electron chi connectivity index (χ3n) is 3.54. The van der Waals surface area contributed by atoms with Crippen molar-refractivity contribution in [3.8, 4) is 5.75 Å². The fourth-order valence-electron chi connectivity index (χ4n) is 2.35. The Kier molecular flexibility index (Phi) is 6.56. The fraction of sp³-hybridized carbons (Fsp3) is 0.0526. The summed E-state index contributed by atoms with van der Waals surface area (Å²) in [6.45, 7) is -2.90. The van der Waals surface area contributed by atoms with Crippen molar-refractivity contribution in [3.63, 3.8) is 0 Å². The summed E-state index contributed by atoms with van der Waals surface area (Å²) in [6.07, 6.45) is 3.41. The van der Waals surface area contributed by atoms with E-state index < -0.39 is 6.61 Å². The highest BCUT2D eigenvalue weighted by Crippen LogP contribution is 2.27. The molecule has 2 heterocycles. The van der Waals surface area contributed by atoms with Gasteiger partial charge in [-0.1, -0.05) is 29.9 Å². The van der Waals surface area contributed by atoms with E-state index >= 15 is 0 Å². The molecule has 0 unspecified atom stereocenters. The Morgan fingerprint density at radius 3 is 2.36 bits per heavy atom. The molecule has 0 aliphatic rings. The summed E-state index contributed by atoms with van der Waals surface area (Å²) in [4.78, 5) is 0.620. The SMILES string of the molecule is [O-]/C(=C(/C(=S)Nc1ccc(OC(F)F)cc1)[n+]1ccccc1)c1ccc(Cl)s1. The van der Waals surface area contributed by atoms with E-state index in [4.69, 9.17) is 23.8 Å². The summed E-state index contributed by atoms with van der Waals surface area (Å²) in [5, 5.41) is 16.0. The van der Waals surface area contributed by atoms with Crippen LogP contribution in [0.4, 0.5) is 14.5 Å². The normalized spacial score (nSPS) is 11.9. The zero-order chi connectivity index (χ0) is 20.1. The number of benzene rings is 1. The van der Waals surface area contributed by atoms with E-state index in [1.165, 1.54) is 24.3 Å². The summed E-state index contributed by atoms with van der Waals surface area (Å²) < 4.78 is 31.0. The molecule has 0 amide bonds. The number of nitrogens with one attached hydrogen (secondary N) is 1. The third kappa shape index (κ3) is 5.03. The molecule has 144 valence electrons. The van der Waals surface area contributed by atoms with Crippen molar-refractivity contribution in [2.45, 2.75) is 6.61 Å². The molecule has 1 N–H and O–H groups in total. The van der Waals surface area contributed by atoms with Crippen LogP contribution in [0.15, 0.2) is 67.0 Å². The Bertz CT molecular complexity index is 993. The van der Waals surface area contributed by atoms with Gasteiger partial charge < -0.3 is 15.2 Å². The minimum Gasteiger partial charge on any atom is -0.867 e. The highest BCUT2D eigenvalue weighted by atomic mass is 35.5. The van der Waals surface area contributed by atoms with Crippen molar-refractivity contribution in [2.24, 2.45) is 0 Å². The number of thiocarbonyl (C=S) groups is 1. The lowest BCUT2D eigenvalue weighted by molar-refractivity contribution is -0.577. The minimum atomic E-state index is -2.90. The van der Waals surface area contributed by atoms with E-state index in [0.29, 0.717) is 14.9 Å². The molecular formula is C19H13ClF2N2O2S2. The van der Waals surface area contributed by atoms with Crippen molar-refractivity contribution in [2.75, 3.05) is 5.32 Å². The highest BCUT2D eigenvalue weighted by Gasteiger charge is 2.19. The average Bonchev–Trinajstić information content (AvgIpc) is 3.10. The van der Waals surface area contributed by atoms with Crippen LogP contribution in [0.5, 0.6) is 5.75 Å². The molecule has 0 saturated heterocycles. The molecule has 0 saturated carbocycles. The molecule has 0 spiro atoms. The summed E-state index contributed by atoms with van der Waals surface area (Å²) in [5.41, 5.74) is 0.764. The first-order valence-electron chi connectivity index (χ1n) is 7.94. The highest BCUT2D eigenvalue weighted by molar-refractivity contribution is 7.81.